The van der Waals surface area contributed by atoms with Gasteiger partial charge in [-0.05, 0) is 40.5 Å². The summed E-state index contributed by atoms with van der Waals surface area (Å²) in [7, 11) is 0. The minimum Gasteiger partial charge on any atom is -0.228 e. The summed E-state index contributed by atoms with van der Waals surface area (Å²) in [6.45, 7) is 0. The standard InChI is InChI=1S/C46H28N2S2/c1-2-12-29(13-3-1)32-14-4-5-15-34(32)40-28-41(39-21-11-20-38-36-17-7-9-23-43(36)50-45(38)39)48-46(47-40)31-26-24-30(25-27-31)33-18-10-19-37-35-16-6-8-22-42(35)49-44(33)37/h1-28H. The molecule has 0 aliphatic heterocycles. The molecule has 4 heteroatoms. The third-order valence-corrected chi connectivity index (χ3v) is 12.0. The number of hydrogen-bond acceptors (Lipinski definition) is 4. The molecule has 0 fully saturated rings. The summed E-state index contributed by atoms with van der Waals surface area (Å²) in [5, 5.41) is 5.16. The summed E-state index contributed by atoms with van der Waals surface area (Å²) in [6.07, 6.45) is 0. The second-order valence-electron chi connectivity index (χ2n) is 12.5. The molecule has 10 rings (SSSR count). The monoisotopic (exact) mass is 672 g/mol. The van der Waals surface area contributed by atoms with Gasteiger partial charge in [0, 0.05) is 57.0 Å². The molecule has 10 aromatic rings. The number of nitrogens with zero attached hydrogens (tertiary/aromatic N) is 2. The van der Waals surface area contributed by atoms with Crippen molar-refractivity contribution in [2.24, 2.45) is 0 Å². The van der Waals surface area contributed by atoms with Crippen molar-refractivity contribution in [3.8, 4) is 56.2 Å². The lowest BCUT2D eigenvalue weighted by Crippen LogP contribution is -1.97. The van der Waals surface area contributed by atoms with Crippen LogP contribution in [0, 0.1) is 0 Å². The van der Waals surface area contributed by atoms with E-state index in [0.717, 1.165) is 39.2 Å². The Morgan fingerprint density at radius 3 is 1.46 bits per heavy atom. The Labute approximate surface area is 297 Å². The van der Waals surface area contributed by atoms with Gasteiger partial charge >= 0.3 is 0 Å². The predicted octanol–water partition coefficient (Wildman–Crippen LogP) is 13.5. The van der Waals surface area contributed by atoms with Crippen LogP contribution in [0.4, 0.5) is 0 Å². The van der Waals surface area contributed by atoms with Gasteiger partial charge in [-0.3, -0.25) is 0 Å². The van der Waals surface area contributed by atoms with Crippen molar-refractivity contribution in [3.63, 3.8) is 0 Å². The van der Waals surface area contributed by atoms with Crippen molar-refractivity contribution in [2.45, 2.75) is 0 Å². The zero-order valence-electron chi connectivity index (χ0n) is 26.9. The third kappa shape index (κ3) is 4.84. The number of rotatable bonds is 5. The Balaban J connectivity index is 1.15. The SMILES string of the molecule is c1ccc(-c2ccccc2-c2cc(-c3cccc4c3sc3ccccc34)nc(-c3ccc(-c4cccc5c4sc4ccccc45)cc3)n2)cc1. The minimum atomic E-state index is 0.713. The second-order valence-corrected chi connectivity index (χ2v) is 14.6. The van der Waals surface area contributed by atoms with E-state index in [1.807, 2.05) is 22.7 Å². The number of thiophene rings is 2. The number of aromatic nitrogens is 2. The van der Waals surface area contributed by atoms with E-state index in [-0.39, 0.29) is 0 Å². The summed E-state index contributed by atoms with van der Waals surface area (Å²) < 4.78 is 5.15. The molecule has 0 aliphatic rings. The summed E-state index contributed by atoms with van der Waals surface area (Å²) in [5.41, 5.74) is 9.77. The molecule has 0 atom stereocenters. The number of hydrogen-bond donors (Lipinski definition) is 0. The molecule has 0 spiro atoms. The van der Waals surface area contributed by atoms with Gasteiger partial charge in [0.05, 0.1) is 11.4 Å². The predicted molar refractivity (Wildman–Crippen MR) is 215 cm³/mol. The van der Waals surface area contributed by atoms with Crippen LogP contribution < -0.4 is 0 Å². The van der Waals surface area contributed by atoms with Gasteiger partial charge in [-0.2, -0.15) is 0 Å². The fraction of sp³-hybridized carbons (Fsp3) is 0. The van der Waals surface area contributed by atoms with Crippen molar-refractivity contribution in [3.05, 3.63) is 170 Å². The summed E-state index contributed by atoms with van der Waals surface area (Å²) in [5.74, 6) is 0.713. The van der Waals surface area contributed by atoms with E-state index in [2.05, 4.69) is 170 Å². The molecule has 0 saturated heterocycles. The highest BCUT2D eigenvalue weighted by atomic mass is 32.1. The van der Waals surface area contributed by atoms with Gasteiger partial charge in [0.1, 0.15) is 0 Å². The molecule has 0 N–H and O–H groups in total. The average Bonchev–Trinajstić information content (AvgIpc) is 3.77. The average molecular weight is 673 g/mol. The highest BCUT2D eigenvalue weighted by molar-refractivity contribution is 7.26. The Bertz CT molecular complexity index is 2860. The first-order valence-electron chi connectivity index (χ1n) is 16.7. The Hall–Kier alpha value is -5.94. The Morgan fingerprint density at radius 1 is 0.320 bits per heavy atom. The normalized spacial score (nSPS) is 11.6. The highest BCUT2D eigenvalue weighted by Gasteiger charge is 2.17. The molecule has 0 saturated carbocycles. The second kappa shape index (κ2) is 11.9. The van der Waals surface area contributed by atoms with E-state index in [4.69, 9.17) is 9.97 Å². The van der Waals surface area contributed by atoms with Gasteiger partial charge in [-0.15, -0.1) is 22.7 Å². The highest BCUT2D eigenvalue weighted by Crippen LogP contribution is 2.42. The molecule has 0 aliphatic carbocycles. The topological polar surface area (TPSA) is 25.8 Å². The lowest BCUT2D eigenvalue weighted by molar-refractivity contribution is 1.19. The smallest absolute Gasteiger partial charge is 0.160 e. The van der Waals surface area contributed by atoms with Gasteiger partial charge < -0.3 is 0 Å². The van der Waals surface area contributed by atoms with Crippen LogP contribution in [-0.2, 0) is 0 Å². The molecule has 0 unspecified atom stereocenters. The first-order chi connectivity index (χ1) is 24.8. The van der Waals surface area contributed by atoms with Crippen molar-refractivity contribution < 1.29 is 0 Å². The van der Waals surface area contributed by atoms with E-state index in [9.17, 15) is 0 Å². The van der Waals surface area contributed by atoms with Gasteiger partial charge in [-0.25, -0.2) is 9.97 Å². The molecule has 0 bridgehead atoms. The molecule has 2 nitrogen and oxygen atoms in total. The Kier molecular flexibility index (Phi) is 6.90. The molecule has 3 aromatic heterocycles. The fourth-order valence-electron chi connectivity index (χ4n) is 7.15. The molecule has 7 aromatic carbocycles. The van der Waals surface area contributed by atoms with Gasteiger partial charge in [0.15, 0.2) is 5.82 Å². The van der Waals surface area contributed by atoms with Crippen molar-refractivity contribution in [1.82, 2.24) is 9.97 Å². The van der Waals surface area contributed by atoms with Crippen molar-refractivity contribution >= 4 is 63.0 Å². The van der Waals surface area contributed by atoms with Crippen LogP contribution in [0.2, 0.25) is 0 Å². The third-order valence-electron chi connectivity index (χ3n) is 9.55. The van der Waals surface area contributed by atoms with E-state index >= 15 is 0 Å². The molecular formula is C46H28N2S2. The molecule has 0 radical (unpaired) electrons. The number of benzene rings is 7. The molecule has 50 heavy (non-hydrogen) atoms. The molecular weight excluding hydrogens is 645 g/mol. The molecule has 234 valence electrons. The molecule has 0 amide bonds. The van der Waals surface area contributed by atoms with Gasteiger partial charge in [-0.1, -0.05) is 152 Å². The number of fused-ring (bicyclic) bond motifs is 6. The first kappa shape index (κ1) is 29.0. The van der Waals surface area contributed by atoms with Gasteiger partial charge in [0.25, 0.3) is 0 Å². The lowest BCUT2D eigenvalue weighted by atomic mass is 9.96. The van der Waals surface area contributed by atoms with Crippen molar-refractivity contribution in [2.75, 3.05) is 0 Å². The first-order valence-corrected chi connectivity index (χ1v) is 18.4. The Morgan fingerprint density at radius 2 is 0.780 bits per heavy atom. The minimum absolute atomic E-state index is 0.713. The van der Waals surface area contributed by atoms with Crippen LogP contribution in [0.5, 0.6) is 0 Å². The van der Waals surface area contributed by atoms with E-state index in [1.54, 1.807) is 0 Å². The lowest BCUT2D eigenvalue weighted by Gasteiger charge is -2.13. The van der Waals surface area contributed by atoms with E-state index in [1.165, 1.54) is 51.5 Å². The summed E-state index contributed by atoms with van der Waals surface area (Å²) >= 11 is 3.69. The van der Waals surface area contributed by atoms with E-state index < -0.39 is 0 Å². The van der Waals surface area contributed by atoms with Crippen LogP contribution in [0.25, 0.3) is 96.5 Å². The maximum Gasteiger partial charge on any atom is 0.160 e. The van der Waals surface area contributed by atoms with Gasteiger partial charge in [0.2, 0.25) is 0 Å². The maximum atomic E-state index is 5.30. The molecule has 3 heterocycles. The van der Waals surface area contributed by atoms with Crippen LogP contribution in [0.1, 0.15) is 0 Å². The maximum absolute atomic E-state index is 5.30. The summed E-state index contributed by atoms with van der Waals surface area (Å²) in [6, 6.07) is 60.6. The van der Waals surface area contributed by atoms with Crippen LogP contribution in [0.15, 0.2) is 170 Å². The van der Waals surface area contributed by atoms with Crippen LogP contribution >= 0.6 is 22.7 Å². The largest absolute Gasteiger partial charge is 0.228 e. The fourth-order valence-corrected chi connectivity index (χ4v) is 9.61. The zero-order valence-corrected chi connectivity index (χ0v) is 28.5. The van der Waals surface area contributed by atoms with Crippen LogP contribution in [-0.4, -0.2) is 9.97 Å². The quantitative estimate of drug-likeness (QED) is 0.182. The van der Waals surface area contributed by atoms with E-state index in [0.29, 0.717) is 5.82 Å². The summed E-state index contributed by atoms with van der Waals surface area (Å²) in [4.78, 5) is 10.6. The van der Waals surface area contributed by atoms with Crippen LogP contribution in [0.3, 0.4) is 0 Å². The van der Waals surface area contributed by atoms with Crippen molar-refractivity contribution in [1.29, 1.82) is 0 Å². The zero-order chi connectivity index (χ0) is 33.0.